The first-order valence-electron chi connectivity index (χ1n) is 18.0. The van der Waals surface area contributed by atoms with Crippen molar-refractivity contribution in [2.75, 3.05) is 51.8 Å². The zero-order valence-corrected chi connectivity index (χ0v) is 31.4. The van der Waals surface area contributed by atoms with Gasteiger partial charge in [0.05, 0.1) is 0 Å². The van der Waals surface area contributed by atoms with Gasteiger partial charge in [-0.25, -0.2) is 0 Å². The normalized spacial score (nSPS) is 11.6. The maximum absolute atomic E-state index is 10.8. The van der Waals surface area contributed by atoms with Crippen molar-refractivity contribution in [2.45, 2.75) is 139 Å². The van der Waals surface area contributed by atoms with Gasteiger partial charge in [0.2, 0.25) is 5.91 Å². The molecule has 0 spiro atoms. The van der Waals surface area contributed by atoms with E-state index in [-0.39, 0.29) is 18.4 Å². The summed E-state index contributed by atoms with van der Waals surface area (Å²) < 4.78 is 0. The van der Waals surface area contributed by atoms with E-state index in [4.69, 9.17) is 5.11 Å². The monoisotopic (exact) mass is 620 g/mol. The molecule has 2 N–H and O–H groups in total. The molecule has 0 aliphatic carbocycles. The van der Waals surface area contributed by atoms with Gasteiger partial charge < -0.3 is 20.2 Å². The number of aliphatic hydroxyl groups is 1. The van der Waals surface area contributed by atoms with Crippen LogP contribution in [0.1, 0.15) is 137 Å². The fourth-order valence-electron chi connectivity index (χ4n) is 5.10. The molecule has 1 aromatic rings. The lowest BCUT2D eigenvalue weighted by Gasteiger charge is -2.26. The van der Waals surface area contributed by atoms with Crippen molar-refractivity contribution in [3.63, 3.8) is 0 Å². The fourth-order valence-corrected chi connectivity index (χ4v) is 5.10. The summed E-state index contributed by atoms with van der Waals surface area (Å²) in [5.41, 5.74) is 4.20. The summed E-state index contributed by atoms with van der Waals surface area (Å²) in [7, 11) is 3.81. The van der Waals surface area contributed by atoms with Crippen molar-refractivity contribution in [2.24, 2.45) is 11.8 Å². The molecule has 0 saturated carbocycles. The second-order valence-electron chi connectivity index (χ2n) is 12.1. The summed E-state index contributed by atoms with van der Waals surface area (Å²) in [6.45, 7) is 28.2. The quantitative estimate of drug-likeness (QED) is 0.143. The molecule has 0 aromatic heterocycles. The number of hydrogen-bond acceptors (Lipinski definition) is 4. The van der Waals surface area contributed by atoms with Crippen molar-refractivity contribution >= 4 is 11.6 Å². The SMILES string of the molecule is C=CC.CCCCC(CCC)CN(CCC)CCC.CCCCN(C)c1cc(CC)ccc1C.CNC(=O)C(C)CCCO. The molecule has 0 aliphatic heterocycles. The Kier molecular flexibility index (Phi) is 36.0. The van der Waals surface area contributed by atoms with Crippen LogP contribution in [-0.2, 0) is 11.2 Å². The van der Waals surface area contributed by atoms with Crippen LogP contribution >= 0.6 is 0 Å². The third-order valence-corrected chi connectivity index (χ3v) is 7.69. The summed E-state index contributed by atoms with van der Waals surface area (Å²) in [5, 5.41) is 11.0. The first-order valence-corrected chi connectivity index (χ1v) is 18.0. The van der Waals surface area contributed by atoms with Crippen LogP contribution in [0, 0.1) is 18.8 Å². The smallest absolute Gasteiger partial charge is 0.222 e. The van der Waals surface area contributed by atoms with Crippen molar-refractivity contribution in [3.05, 3.63) is 42.0 Å². The Morgan fingerprint density at radius 3 is 1.95 bits per heavy atom. The number of allylic oxidation sites excluding steroid dienone is 1. The molecule has 0 bridgehead atoms. The first-order chi connectivity index (χ1) is 21.1. The molecule has 260 valence electrons. The lowest BCUT2D eigenvalue weighted by molar-refractivity contribution is -0.124. The molecular weight excluding hydrogens is 542 g/mol. The lowest BCUT2D eigenvalue weighted by Crippen LogP contribution is -2.31. The van der Waals surface area contributed by atoms with Gasteiger partial charge in [-0.1, -0.05) is 92.4 Å². The van der Waals surface area contributed by atoms with E-state index in [9.17, 15) is 4.79 Å². The van der Waals surface area contributed by atoms with Crippen LogP contribution in [-0.4, -0.2) is 62.8 Å². The van der Waals surface area contributed by atoms with Gasteiger partial charge in [-0.2, -0.15) is 0 Å². The zero-order chi connectivity index (χ0) is 34.2. The van der Waals surface area contributed by atoms with Gasteiger partial charge in [-0.15, -0.1) is 6.58 Å². The Balaban J connectivity index is -0.000000560. The van der Waals surface area contributed by atoms with Crippen LogP contribution in [0.25, 0.3) is 0 Å². The van der Waals surface area contributed by atoms with E-state index in [1.54, 1.807) is 13.1 Å². The standard InChI is InChI=1S/C15H33N.C14H23N.C7H15NO2.C3H6/c1-5-9-11-15(10-6-2)14-16(12-7-3)13-8-4;1-5-7-10-15(4)14-11-13(6-2)9-8-12(14)3;1-6(4-3-5-9)7(10)8-2;1-3-2/h15H,5-14H2,1-4H3;8-9,11H,5-7,10H2,1-4H3;6,9H,3-5H2,1-2H3,(H,8,10);3H,1H2,2H3. The third kappa shape index (κ3) is 26.5. The summed E-state index contributed by atoms with van der Waals surface area (Å²) in [4.78, 5) is 15.9. The molecule has 1 aromatic carbocycles. The van der Waals surface area contributed by atoms with Gasteiger partial charge in [0.15, 0.2) is 0 Å². The maximum Gasteiger partial charge on any atom is 0.222 e. The molecule has 0 fully saturated rings. The predicted octanol–water partition coefficient (Wildman–Crippen LogP) is 9.84. The minimum Gasteiger partial charge on any atom is -0.396 e. The van der Waals surface area contributed by atoms with Gasteiger partial charge in [0, 0.05) is 45.4 Å². The highest BCUT2D eigenvalue weighted by Gasteiger charge is 2.12. The summed E-state index contributed by atoms with van der Waals surface area (Å²) in [5.74, 6) is 1.02. The molecule has 0 heterocycles. The molecule has 0 aliphatic rings. The predicted molar refractivity (Wildman–Crippen MR) is 199 cm³/mol. The second-order valence-corrected chi connectivity index (χ2v) is 12.1. The van der Waals surface area contributed by atoms with Gasteiger partial charge in [-0.3, -0.25) is 4.79 Å². The van der Waals surface area contributed by atoms with E-state index in [1.807, 2.05) is 13.8 Å². The number of nitrogens with zero attached hydrogens (tertiary/aromatic N) is 2. The van der Waals surface area contributed by atoms with Crippen LogP contribution in [0.5, 0.6) is 0 Å². The molecule has 44 heavy (non-hydrogen) atoms. The number of aryl methyl sites for hydroxylation is 2. The zero-order valence-electron chi connectivity index (χ0n) is 31.4. The summed E-state index contributed by atoms with van der Waals surface area (Å²) in [6, 6.07) is 6.79. The molecule has 0 saturated heterocycles. The number of anilines is 1. The number of benzene rings is 1. The lowest BCUT2D eigenvalue weighted by atomic mass is 9.96. The third-order valence-electron chi connectivity index (χ3n) is 7.69. The van der Waals surface area contributed by atoms with Crippen LogP contribution < -0.4 is 10.2 Å². The average Bonchev–Trinajstić information content (AvgIpc) is 3.02. The second kappa shape index (κ2) is 34.0. The fraction of sp³-hybridized carbons (Fsp3) is 0.769. The maximum atomic E-state index is 10.8. The van der Waals surface area contributed by atoms with Crippen LogP contribution in [0.4, 0.5) is 5.69 Å². The number of carbonyl (C=O) groups excluding carboxylic acids is 1. The molecule has 1 amide bonds. The van der Waals surface area contributed by atoms with Crippen LogP contribution in [0.3, 0.4) is 0 Å². The number of rotatable bonds is 20. The molecule has 5 heteroatoms. The minimum atomic E-state index is 0.0251. The summed E-state index contributed by atoms with van der Waals surface area (Å²) in [6.07, 6.45) is 16.4. The van der Waals surface area contributed by atoms with E-state index >= 15 is 0 Å². The van der Waals surface area contributed by atoms with Crippen molar-refractivity contribution in [3.8, 4) is 0 Å². The van der Waals surface area contributed by atoms with Crippen molar-refractivity contribution < 1.29 is 9.90 Å². The van der Waals surface area contributed by atoms with E-state index in [1.165, 1.54) is 94.2 Å². The highest BCUT2D eigenvalue weighted by molar-refractivity contribution is 5.77. The Morgan fingerprint density at radius 2 is 1.50 bits per heavy atom. The number of carbonyl (C=O) groups is 1. The van der Waals surface area contributed by atoms with E-state index in [0.717, 1.165) is 25.3 Å². The van der Waals surface area contributed by atoms with Gasteiger partial charge in [0.25, 0.3) is 0 Å². The van der Waals surface area contributed by atoms with Crippen LogP contribution in [0.15, 0.2) is 30.9 Å². The molecule has 2 atom stereocenters. The number of nitrogens with one attached hydrogen (secondary N) is 1. The number of amides is 1. The number of hydrogen-bond donors (Lipinski definition) is 2. The Labute approximate surface area is 276 Å². The molecular formula is C39H77N3O2. The summed E-state index contributed by atoms with van der Waals surface area (Å²) >= 11 is 0. The number of unbranched alkanes of at least 4 members (excludes halogenated alkanes) is 2. The van der Waals surface area contributed by atoms with E-state index in [0.29, 0.717) is 6.42 Å². The molecule has 0 radical (unpaired) electrons. The highest BCUT2D eigenvalue weighted by atomic mass is 16.3. The van der Waals surface area contributed by atoms with E-state index in [2.05, 4.69) is 95.4 Å². The highest BCUT2D eigenvalue weighted by Crippen LogP contribution is 2.21. The van der Waals surface area contributed by atoms with Gasteiger partial charge in [-0.05, 0) is 101 Å². The Bertz CT molecular complexity index is 762. The number of aliphatic hydroxyl groups excluding tert-OH is 1. The topological polar surface area (TPSA) is 55.8 Å². The van der Waals surface area contributed by atoms with Crippen LogP contribution in [0.2, 0.25) is 0 Å². The minimum absolute atomic E-state index is 0.0251. The molecule has 5 nitrogen and oxygen atoms in total. The van der Waals surface area contributed by atoms with Gasteiger partial charge in [0.1, 0.15) is 0 Å². The van der Waals surface area contributed by atoms with Crippen molar-refractivity contribution in [1.29, 1.82) is 0 Å². The average molecular weight is 620 g/mol. The molecule has 2 unspecified atom stereocenters. The first kappa shape index (κ1) is 46.6. The molecule has 1 rings (SSSR count). The Morgan fingerprint density at radius 1 is 0.909 bits per heavy atom. The van der Waals surface area contributed by atoms with Crippen molar-refractivity contribution in [1.82, 2.24) is 10.2 Å². The van der Waals surface area contributed by atoms with E-state index < -0.39 is 0 Å². The Hall–Kier alpha value is -1.85. The largest absolute Gasteiger partial charge is 0.396 e. The van der Waals surface area contributed by atoms with Gasteiger partial charge >= 0.3 is 0 Å².